The number of benzene rings is 1. The van der Waals surface area contributed by atoms with Crippen molar-refractivity contribution >= 4 is 47.8 Å². The van der Waals surface area contributed by atoms with Gasteiger partial charge in [-0.2, -0.15) is 0 Å². The van der Waals surface area contributed by atoms with Crippen LogP contribution in [-0.2, 0) is 6.54 Å². The van der Waals surface area contributed by atoms with Crippen LogP contribution in [0.4, 0.5) is 0 Å². The molecule has 2 rings (SSSR count). The van der Waals surface area contributed by atoms with E-state index >= 15 is 0 Å². The molecule has 1 N–H and O–H groups in total. The van der Waals surface area contributed by atoms with Crippen LogP contribution in [0.3, 0.4) is 0 Å². The Morgan fingerprint density at radius 3 is 2.42 bits per heavy atom. The summed E-state index contributed by atoms with van der Waals surface area (Å²) in [6, 6.07) is 10.6. The maximum atomic E-state index is 4.39. The van der Waals surface area contributed by atoms with Gasteiger partial charge < -0.3 is 5.32 Å². The van der Waals surface area contributed by atoms with Gasteiger partial charge in [0.15, 0.2) is 0 Å². The second-order valence-corrected chi connectivity index (χ2v) is 6.92. The normalized spacial score (nSPS) is 12.4. The van der Waals surface area contributed by atoms with Crippen LogP contribution in [0.25, 0.3) is 0 Å². The van der Waals surface area contributed by atoms with Crippen molar-refractivity contribution in [3.05, 3.63) is 61.2 Å². The van der Waals surface area contributed by atoms with E-state index in [0.717, 1.165) is 25.7 Å². The minimum atomic E-state index is 0.283. The highest BCUT2D eigenvalue weighted by Crippen LogP contribution is 2.21. The van der Waals surface area contributed by atoms with Crippen LogP contribution in [0.15, 0.2) is 49.9 Å². The predicted octanol–water partition coefficient (Wildman–Crippen LogP) is 5.22. The SMILES string of the molecule is C[C@@H](NCc1ncc(Br)cc1Br)c1ccc(Br)cc1. The average Bonchev–Trinajstić information content (AvgIpc) is 2.38. The van der Waals surface area contributed by atoms with E-state index in [2.05, 4.69) is 89.3 Å². The van der Waals surface area contributed by atoms with E-state index in [1.807, 2.05) is 12.3 Å². The largest absolute Gasteiger partial charge is 0.305 e. The molecule has 100 valence electrons. The first-order chi connectivity index (χ1) is 9.06. The van der Waals surface area contributed by atoms with Crippen LogP contribution in [0.2, 0.25) is 0 Å². The van der Waals surface area contributed by atoms with Gasteiger partial charge in [-0.25, -0.2) is 0 Å². The summed E-state index contributed by atoms with van der Waals surface area (Å²) in [5, 5.41) is 3.47. The Labute approximate surface area is 138 Å². The van der Waals surface area contributed by atoms with E-state index in [-0.39, 0.29) is 6.04 Å². The standard InChI is InChI=1S/C14H13Br3N2/c1-9(10-2-4-11(15)5-3-10)18-8-14-13(17)6-12(16)7-19-14/h2-7,9,18H,8H2,1H3/t9-/m1/s1. The van der Waals surface area contributed by atoms with E-state index in [1.165, 1.54) is 5.56 Å². The molecule has 0 aliphatic heterocycles. The van der Waals surface area contributed by atoms with E-state index in [9.17, 15) is 0 Å². The fourth-order valence-electron chi connectivity index (χ4n) is 1.69. The zero-order chi connectivity index (χ0) is 13.8. The van der Waals surface area contributed by atoms with Crippen LogP contribution in [0.5, 0.6) is 0 Å². The van der Waals surface area contributed by atoms with Gasteiger partial charge in [-0.1, -0.05) is 28.1 Å². The number of nitrogens with zero attached hydrogens (tertiary/aromatic N) is 1. The second kappa shape index (κ2) is 6.97. The molecule has 0 saturated carbocycles. The monoisotopic (exact) mass is 446 g/mol. The molecule has 0 radical (unpaired) electrons. The molecule has 0 bridgehead atoms. The van der Waals surface area contributed by atoms with Gasteiger partial charge >= 0.3 is 0 Å². The summed E-state index contributed by atoms with van der Waals surface area (Å²) in [5.41, 5.74) is 2.27. The summed E-state index contributed by atoms with van der Waals surface area (Å²) >= 11 is 10.4. The number of rotatable bonds is 4. The number of nitrogens with one attached hydrogen (secondary N) is 1. The molecule has 0 aliphatic rings. The Morgan fingerprint density at radius 1 is 1.11 bits per heavy atom. The van der Waals surface area contributed by atoms with Crippen molar-refractivity contribution in [2.45, 2.75) is 19.5 Å². The molecule has 1 aromatic heterocycles. The first-order valence-electron chi connectivity index (χ1n) is 5.85. The van der Waals surface area contributed by atoms with Gasteiger partial charge in [0.1, 0.15) is 0 Å². The summed E-state index contributed by atoms with van der Waals surface area (Å²) < 4.78 is 3.09. The zero-order valence-electron chi connectivity index (χ0n) is 10.3. The van der Waals surface area contributed by atoms with Crippen LogP contribution >= 0.6 is 47.8 Å². The molecule has 5 heteroatoms. The van der Waals surface area contributed by atoms with Crippen molar-refractivity contribution in [3.8, 4) is 0 Å². The number of halogens is 3. The molecule has 0 amide bonds. The lowest BCUT2D eigenvalue weighted by Gasteiger charge is -2.14. The van der Waals surface area contributed by atoms with Crippen LogP contribution < -0.4 is 5.32 Å². The summed E-state index contributed by atoms with van der Waals surface area (Å²) in [4.78, 5) is 4.39. The van der Waals surface area contributed by atoms with Crippen molar-refractivity contribution < 1.29 is 0 Å². The van der Waals surface area contributed by atoms with Crippen LogP contribution in [-0.4, -0.2) is 4.98 Å². The van der Waals surface area contributed by atoms with E-state index in [0.29, 0.717) is 0 Å². The molecule has 1 aromatic carbocycles. The topological polar surface area (TPSA) is 24.9 Å². The third-order valence-electron chi connectivity index (χ3n) is 2.83. The Morgan fingerprint density at radius 2 is 1.79 bits per heavy atom. The van der Waals surface area contributed by atoms with Crippen molar-refractivity contribution in [2.75, 3.05) is 0 Å². The van der Waals surface area contributed by atoms with Gasteiger partial charge in [-0.15, -0.1) is 0 Å². The Bertz CT molecular complexity index is 555. The number of aromatic nitrogens is 1. The van der Waals surface area contributed by atoms with Gasteiger partial charge in [-0.3, -0.25) is 4.98 Å². The van der Waals surface area contributed by atoms with Crippen molar-refractivity contribution in [2.24, 2.45) is 0 Å². The lowest BCUT2D eigenvalue weighted by molar-refractivity contribution is 0.566. The smallest absolute Gasteiger partial charge is 0.0684 e. The molecule has 1 atom stereocenters. The molecule has 0 unspecified atom stereocenters. The van der Waals surface area contributed by atoms with Crippen molar-refractivity contribution in [1.82, 2.24) is 10.3 Å². The molecule has 0 aliphatic carbocycles. The lowest BCUT2D eigenvalue weighted by Crippen LogP contribution is -2.19. The first kappa shape index (κ1) is 15.2. The van der Waals surface area contributed by atoms with Gasteiger partial charge in [-0.05, 0) is 62.5 Å². The van der Waals surface area contributed by atoms with E-state index < -0.39 is 0 Å². The highest BCUT2D eigenvalue weighted by atomic mass is 79.9. The Hall–Kier alpha value is -0.230. The van der Waals surface area contributed by atoms with Crippen LogP contribution in [0.1, 0.15) is 24.2 Å². The molecule has 19 heavy (non-hydrogen) atoms. The zero-order valence-corrected chi connectivity index (χ0v) is 15.1. The van der Waals surface area contributed by atoms with Crippen molar-refractivity contribution in [3.63, 3.8) is 0 Å². The third kappa shape index (κ3) is 4.38. The van der Waals surface area contributed by atoms with Crippen LogP contribution in [0, 0.1) is 0 Å². The molecule has 0 saturated heterocycles. The fraction of sp³-hybridized carbons (Fsp3) is 0.214. The van der Waals surface area contributed by atoms with Crippen molar-refractivity contribution in [1.29, 1.82) is 0 Å². The molecular weight excluding hydrogens is 436 g/mol. The molecule has 0 spiro atoms. The minimum Gasteiger partial charge on any atom is -0.305 e. The fourth-order valence-corrected chi connectivity index (χ4v) is 3.08. The van der Waals surface area contributed by atoms with Gasteiger partial charge in [0.2, 0.25) is 0 Å². The lowest BCUT2D eigenvalue weighted by atomic mass is 10.1. The molecular formula is C14H13Br3N2. The first-order valence-corrected chi connectivity index (χ1v) is 8.23. The highest BCUT2D eigenvalue weighted by Gasteiger charge is 2.07. The quantitative estimate of drug-likeness (QED) is 0.693. The van der Waals surface area contributed by atoms with E-state index in [1.54, 1.807) is 0 Å². The van der Waals surface area contributed by atoms with E-state index in [4.69, 9.17) is 0 Å². The summed E-state index contributed by atoms with van der Waals surface area (Å²) in [6.45, 7) is 2.88. The van der Waals surface area contributed by atoms with Gasteiger partial charge in [0, 0.05) is 32.2 Å². The second-order valence-electron chi connectivity index (χ2n) is 4.24. The predicted molar refractivity (Wildman–Crippen MR) is 89.0 cm³/mol. The summed E-state index contributed by atoms with van der Waals surface area (Å²) in [7, 11) is 0. The summed E-state index contributed by atoms with van der Waals surface area (Å²) in [6.07, 6.45) is 1.81. The highest BCUT2D eigenvalue weighted by molar-refractivity contribution is 9.11. The van der Waals surface area contributed by atoms with Gasteiger partial charge in [0.05, 0.1) is 5.69 Å². The number of hydrogen-bond acceptors (Lipinski definition) is 2. The maximum Gasteiger partial charge on any atom is 0.0684 e. The number of hydrogen-bond donors (Lipinski definition) is 1. The Balaban J connectivity index is 2.00. The molecule has 0 fully saturated rings. The molecule has 1 heterocycles. The number of pyridine rings is 1. The average molecular weight is 449 g/mol. The third-order valence-corrected chi connectivity index (χ3v) is 4.48. The Kier molecular flexibility index (Phi) is 5.57. The molecule has 2 nitrogen and oxygen atoms in total. The van der Waals surface area contributed by atoms with Gasteiger partial charge in [0.25, 0.3) is 0 Å². The maximum absolute atomic E-state index is 4.39. The minimum absolute atomic E-state index is 0.283. The molecule has 2 aromatic rings. The summed E-state index contributed by atoms with van der Waals surface area (Å²) in [5.74, 6) is 0.